The fraction of sp³-hybridized carbons (Fsp3) is 0.722. The van der Waals surface area contributed by atoms with E-state index in [-0.39, 0.29) is 35.5 Å². The standard InChI is InChI=1S/C18H34N4OS.HI/c1-7-23-15(10-11-22(5)6)13-20-17(19-4)21-14-18(2,3)16-9-8-12-24-16;/h8-9,12,15H,7,10-11,13-14H2,1-6H3,(H2,19,20,21);1H. The van der Waals surface area contributed by atoms with Gasteiger partial charge in [-0.15, -0.1) is 35.3 Å². The molecule has 0 bridgehead atoms. The fourth-order valence-corrected chi connectivity index (χ4v) is 3.22. The van der Waals surface area contributed by atoms with E-state index in [9.17, 15) is 0 Å². The number of hydrogen-bond acceptors (Lipinski definition) is 4. The maximum absolute atomic E-state index is 5.82. The molecule has 1 unspecified atom stereocenters. The van der Waals surface area contributed by atoms with Gasteiger partial charge in [-0.3, -0.25) is 4.99 Å². The van der Waals surface area contributed by atoms with Gasteiger partial charge < -0.3 is 20.3 Å². The lowest BCUT2D eigenvalue weighted by Gasteiger charge is -2.26. The SMILES string of the molecule is CCOC(CCN(C)C)CNC(=NC)NCC(C)(C)c1cccs1.I. The average molecular weight is 482 g/mol. The van der Waals surface area contributed by atoms with Gasteiger partial charge in [0.1, 0.15) is 0 Å². The molecule has 1 atom stereocenters. The molecule has 0 aliphatic heterocycles. The molecule has 1 rings (SSSR count). The van der Waals surface area contributed by atoms with Crippen molar-refractivity contribution in [2.24, 2.45) is 4.99 Å². The third-order valence-corrected chi connectivity index (χ3v) is 5.14. The molecule has 0 fully saturated rings. The Labute approximate surface area is 174 Å². The maximum Gasteiger partial charge on any atom is 0.191 e. The van der Waals surface area contributed by atoms with Crippen LogP contribution in [0.3, 0.4) is 0 Å². The van der Waals surface area contributed by atoms with Crippen LogP contribution in [0, 0.1) is 0 Å². The van der Waals surface area contributed by atoms with Gasteiger partial charge >= 0.3 is 0 Å². The van der Waals surface area contributed by atoms with Gasteiger partial charge in [0.2, 0.25) is 0 Å². The number of thiophene rings is 1. The van der Waals surface area contributed by atoms with E-state index < -0.39 is 0 Å². The minimum absolute atomic E-state index is 0. The first-order valence-electron chi connectivity index (χ1n) is 8.64. The van der Waals surface area contributed by atoms with Crippen molar-refractivity contribution in [1.29, 1.82) is 0 Å². The normalized spacial score (nSPS) is 13.5. The second-order valence-corrected chi connectivity index (χ2v) is 7.78. The number of halogens is 1. The van der Waals surface area contributed by atoms with Gasteiger partial charge in [-0.1, -0.05) is 19.9 Å². The summed E-state index contributed by atoms with van der Waals surface area (Å²) in [6.45, 7) is 9.89. The minimum Gasteiger partial charge on any atom is -0.377 e. The summed E-state index contributed by atoms with van der Waals surface area (Å²) in [5, 5.41) is 8.96. The molecule has 0 radical (unpaired) electrons. The first kappa shape index (κ1) is 24.6. The van der Waals surface area contributed by atoms with Crippen LogP contribution in [0.2, 0.25) is 0 Å². The summed E-state index contributed by atoms with van der Waals surface area (Å²) in [6.07, 6.45) is 1.20. The van der Waals surface area contributed by atoms with Crippen molar-refractivity contribution >= 4 is 41.3 Å². The summed E-state index contributed by atoms with van der Waals surface area (Å²) in [4.78, 5) is 7.89. The molecule has 146 valence electrons. The number of nitrogens with one attached hydrogen (secondary N) is 2. The second kappa shape index (κ2) is 12.9. The first-order valence-corrected chi connectivity index (χ1v) is 9.51. The van der Waals surface area contributed by atoms with Gasteiger partial charge in [-0.25, -0.2) is 0 Å². The van der Waals surface area contributed by atoms with Crippen LogP contribution in [0.15, 0.2) is 22.5 Å². The molecular formula is C18H35IN4OS. The van der Waals surface area contributed by atoms with Crippen molar-refractivity contribution in [2.45, 2.75) is 38.7 Å². The molecule has 0 spiro atoms. The number of nitrogens with zero attached hydrogens (tertiary/aromatic N) is 2. The van der Waals surface area contributed by atoms with Crippen LogP contribution < -0.4 is 10.6 Å². The zero-order valence-corrected chi connectivity index (χ0v) is 19.6. The monoisotopic (exact) mass is 482 g/mol. The molecular weight excluding hydrogens is 447 g/mol. The molecule has 0 saturated heterocycles. The Bertz CT molecular complexity index is 477. The van der Waals surface area contributed by atoms with E-state index in [4.69, 9.17) is 4.74 Å². The Hall–Kier alpha value is -0.380. The van der Waals surface area contributed by atoms with Gasteiger partial charge in [0.15, 0.2) is 5.96 Å². The molecule has 1 aromatic rings. The zero-order chi connectivity index (χ0) is 18.0. The predicted octanol–water partition coefficient (Wildman–Crippen LogP) is 3.17. The van der Waals surface area contributed by atoms with Crippen LogP contribution in [-0.2, 0) is 10.2 Å². The Balaban J connectivity index is 0.00000576. The highest BCUT2D eigenvalue weighted by Crippen LogP contribution is 2.26. The summed E-state index contributed by atoms with van der Waals surface area (Å²) in [5.41, 5.74) is 0.0794. The zero-order valence-electron chi connectivity index (χ0n) is 16.5. The maximum atomic E-state index is 5.82. The third kappa shape index (κ3) is 9.77. The van der Waals surface area contributed by atoms with Gasteiger partial charge in [0.25, 0.3) is 0 Å². The van der Waals surface area contributed by atoms with Crippen LogP contribution >= 0.6 is 35.3 Å². The van der Waals surface area contributed by atoms with Gasteiger partial charge in [-0.2, -0.15) is 0 Å². The summed E-state index contributed by atoms with van der Waals surface area (Å²) >= 11 is 1.80. The smallest absolute Gasteiger partial charge is 0.191 e. The second-order valence-electron chi connectivity index (χ2n) is 6.84. The lowest BCUT2D eigenvalue weighted by Crippen LogP contribution is -2.46. The van der Waals surface area contributed by atoms with Crippen molar-refractivity contribution in [1.82, 2.24) is 15.5 Å². The predicted molar refractivity (Wildman–Crippen MR) is 121 cm³/mol. The molecule has 7 heteroatoms. The van der Waals surface area contributed by atoms with Gasteiger partial charge in [-0.05, 0) is 38.9 Å². The largest absolute Gasteiger partial charge is 0.377 e. The lowest BCUT2D eigenvalue weighted by molar-refractivity contribution is 0.0548. The van der Waals surface area contributed by atoms with Crippen molar-refractivity contribution in [3.05, 3.63) is 22.4 Å². The van der Waals surface area contributed by atoms with E-state index in [1.807, 2.05) is 14.0 Å². The van der Waals surface area contributed by atoms with Crippen molar-refractivity contribution in [3.8, 4) is 0 Å². The fourth-order valence-electron chi connectivity index (χ4n) is 2.37. The quantitative estimate of drug-likeness (QED) is 0.306. The van der Waals surface area contributed by atoms with E-state index in [2.05, 4.69) is 66.0 Å². The highest BCUT2D eigenvalue weighted by Gasteiger charge is 2.22. The Morgan fingerprint density at radius 2 is 2.08 bits per heavy atom. The topological polar surface area (TPSA) is 48.9 Å². The van der Waals surface area contributed by atoms with E-state index in [1.54, 1.807) is 11.3 Å². The van der Waals surface area contributed by atoms with E-state index in [0.29, 0.717) is 0 Å². The number of ether oxygens (including phenoxy) is 1. The summed E-state index contributed by atoms with van der Waals surface area (Å²) in [5.74, 6) is 0.828. The molecule has 0 aliphatic rings. The van der Waals surface area contributed by atoms with Gasteiger partial charge in [0, 0.05) is 43.6 Å². The molecule has 0 saturated carbocycles. The Morgan fingerprint density at radius 1 is 1.36 bits per heavy atom. The van der Waals surface area contributed by atoms with Crippen LogP contribution in [0.4, 0.5) is 0 Å². The number of hydrogen-bond donors (Lipinski definition) is 2. The molecule has 1 heterocycles. The summed E-state index contributed by atoms with van der Waals surface area (Å²) in [7, 11) is 5.98. The number of guanidine groups is 1. The van der Waals surface area contributed by atoms with E-state index in [1.165, 1.54) is 4.88 Å². The van der Waals surface area contributed by atoms with Crippen LogP contribution in [0.1, 0.15) is 32.1 Å². The molecule has 0 aromatic carbocycles. The summed E-state index contributed by atoms with van der Waals surface area (Å²) < 4.78 is 5.82. The molecule has 0 amide bonds. The van der Waals surface area contributed by atoms with E-state index >= 15 is 0 Å². The molecule has 2 N–H and O–H groups in total. The average Bonchev–Trinajstić information content (AvgIpc) is 3.07. The molecule has 0 aliphatic carbocycles. The van der Waals surface area contributed by atoms with Crippen molar-refractivity contribution in [3.63, 3.8) is 0 Å². The third-order valence-electron chi connectivity index (χ3n) is 3.91. The summed E-state index contributed by atoms with van der Waals surface area (Å²) in [6, 6.07) is 4.29. The van der Waals surface area contributed by atoms with Crippen molar-refractivity contribution in [2.75, 3.05) is 47.4 Å². The number of aliphatic imine (C=N–C) groups is 1. The highest BCUT2D eigenvalue weighted by molar-refractivity contribution is 14.0. The number of rotatable bonds is 10. The van der Waals surface area contributed by atoms with Gasteiger partial charge in [0.05, 0.1) is 6.10 Å². The van der Waals surface area contributed by atoms with Crippen molar-refractivity contribution < 1.29 is 4.74 Å². The first-order chi connectivity index (χ1) is 11.4. The Kier molecular flexibility index (Phi) is 12.7. The lowest BCUT2D eigenvalue weighted by atomic mass is 9.91. The van der Waals surface area contributed by atoms with Crippen LogP contribution in [0.25, 0.3) is 0 Å². The minimum atomic E-state index is 0. The van der Waals surface area contributed by atoms with Crippen LogP contribution in [-0.4, -0.2) is 64.3 Å². The molecule has 1 aromatic heterocycles. The van der Waals surface area contributed by atoms with E-state index in [0.717, 1.165) is 38.6 Å². The van der Waals surface area contributed by atoms with Crippen LogP contribution in [0.5, 0.6) is 0 Å². The molecule has 5 nitrogen and oxygen atoms in total. The highest BCUT2D eigenvalue weighted by atomic mass is 127. The molecule has 25 heavy (non-hydrogen) atoms. The Morgan fingerprint density at radius 3 is 2.60 bits per heavy atom.